The first-order valence-corrected chi connectivity index (χ1v) is 10.6. The number of carbonyl (C=O) groups is 1. The monoisotopic (exact) mass is 454 g/mol. The summed E-state index contributed by atoms with van der Waals surface area (Å²) in [7, 11) is 0. The Bertz CT molecular complexity index is 1230. The van der Waals surface area contributed by atoms with Gasteiger partial charge in [-0.15, -0.1) is 0 Å². The standard InChI is InChI=1S/C22H20ClFN6O2/c23-14-1-4-20-18(9-14)27-22(32-20)30-11-13-5-8-29(12-19(13)30)21(31)16-10-15(24)2-3-17(16)28-26-7-6-25/h1-4,6-7,9-10,13,19,25,28H,5,8,11-12H2/b25-6?,26-7-/t13-,19?/m0/s1. The van der Waals surface area contributed by atoms with Gasteiger partial charge in [-0.2, -0.15) is 10.1 Å². The van der Waals surface area contributed by atoms with Gasteiger partial charge in [0.2, 0.25) is 0 Å². The molecule has 3 aromatic rings. The molecule has 2 N–H and O–H groups in total. The normalized spacial score (nSPS) is 20.3. The highest BCUT2D eigenvalue weighted by atomic mass is 35.5. The molecule has 32 heavy (non-hydrogen) atoms. The molecule has 2 atom stereocenters. The molecular weight excluding hydrogens is 435 g/mol. The van der Waals surface area contributed by atoms with Crippen molar-refractivity contribution in [1.82, 2.24) is 9.88 Å². The van der Waals surface area contributed by atoms with Crippen molar-refractivity contribution in [3.05, 3.63) is 52.8 Å². The molecule has 2 aliphatic heterocycles. The second-order valence-corrected chi connectivity index (χ2v) is 8.31. The van der Waals surface area contributed by atoms with Gasteiger partial charge < -0.3 is 19.6 Å². The number of piperidine rings is 1. The Balaban J connectivity index is 1.35. The molecule has 164 valence electrons. The van der Waals surface area contributed by atoms with Crippen LogP contribution < -0.4 is 10.3 Å². The minimum atomic E-state index is -0.500. The van der Waals surface area contributed by atoms with Crippen LogP contribution in [0.25, 0.3) is 11.1 Å². The van der Waals surface area contributed by atoms with Crippen molar-refractivity contribution in [2.45, 2.75) is 12.5 Å². The molecule has 0 aliphatic carbocycles. The van der Waals surface area contributed by atoms with Crippen LogP contribution in [0, 0.1) is 17.1 Å². The molecule has 10 heteroatoms. The van der Waals surface area contributed by atoms with E-state index in [0.29, 0.717) is 46.8 Å². The van der Waals surface area contributed by atoms with Crippen LogP contribution in [0.5, 0.6) is 0 Å². The number of nitrogens with one attached hydrogen (secondary N) is 2. The molecule has 0 radical (unpaired) electrons. The quantitative estimate of drug-likeness (QED) is 0.448. The molecule has 3 heterocycles. The first-order chi connectivity index (χ1) is 15.5. The summed E-state index contributed by atoms with van der Waals surface area (Å²) in [5, 5.41) is 11.5. The third-order valence-corrected chi connectivity index (χ3v) is 6.21. The highest BCUT2D eigenvalue weighted by Crippen LogP contribution is 2.38. The first kappa shape index (κ1) is 20.4. The summed E-state index contributed by atoms with van der Waals surface area (Å²) in [4.78, 5) is 21.6. The largest absolute Gasteiger partial charge is 0.423 e. The summed E-state index contributed by atoms with van der Waals surface area (Å²) in [6.07, 6.45) is 3.10. The Morgan fingerprint density at radius 1 is 1.31 bits per heavy atom. The molecule has 2 aliphatic rings. The van der Waals surface area contributed by atoms with Crippen molar-refractivity contribution in [1.29, 1.82) is 5.41 Å². The molecule has 0 bridgehead atoms. The average molecular weight is 455 g/mol. The van der Waals surface area contributed by atoms with Gasteiger partial charge >= 0.3 is 0 Å². The van der Waals surface area contributed by atoms with E-state index in [4.69, 9.17) is 21.4 Å². The lowest BCUT2D eigenvalue weighted by molar-refractivity contribution is 0.0584. The molecule has 8 nitrogen and oxygen atoms in total. The van der Waals surface area contributed by atoms with Crippen LogP contribution in [0.2, 0.25) is 5.02 Å². The van der Waals surface area contributed by atoms with E-state index in [-0.39, 0.29) is 17.5 Å². The maximum atomic E-state index is 13.9. The number of oxazole rings is 1. The summed E-state index contributed by atoms with van der Waals surface area (Å²) >= 11 is 6.05. The van der Waals surface area contributed by atoms with Gasteiger partial charge in [0.15, 0.2) is 5.58 Å². The topological polar surface area (TPSA) is 97.8 Å². The van der Waals surface area contributed by atoms with E-state index in [9.17, 15) is 9.18 Å². The summed E-state index contributed by atoms with van der Waals surface area (Å²) in [5.41, 5.74) is 4.66. The molecule has 2 aromatic carbocycles. The molecule has 1 unspecified atom stereocenters. The van der Waals surface area contributed by atoms with Crippen LogP contribution in [0.1, 0.15) is 16.8 Å². The number of halogens is 2. The van der Waals surface area contributed by atoms with E-state index in [2.05, 4.69) is 20.4 Å². The summed E-state index contributed by atoms with van der Waals surface area (Å²) in [6.45, 7) is 1.90. The molecular formula is C22H20ClFN6O2. The average Bonchev–Trinajstić information content (AvgIpc) is 3.17. The number of fused-ring (bicyclic) bond motifs is 2. The number of carbonyl (C=O) groups excluding carboxylic acids is 1. The second-order valence-electron chi connectivity index (χ2n) is 7.87. The number of likely N-dealkylation sites (tertiary alicyclic amines) is 1. The molecule has 0 saturated carbocycles. The molecule has 2 fully saturated rings. The summed E-state index contributed by atoms with van der Waals surface area (Å²) in [5.74, 6) is -0.327. The third-order valence-electron chi connectivity index (χ3n) is 5.97. The van der Waals surface area contributed by atoms with Crippen molar-refractivity contribution in [3.63, 3.8) is 0 Å². The van der Waals surface area contributed by atoms with Crippen LogP contribution in [0.3, 0.4) is 0 Å². The zero-order valence-electron chi connectivity index (χ0n) is 17.0. The Morgan fingerprint density at radius 2 is 2.19 bits per heavy atom. The van der Waals surface area contributed by atoms with Gasteiger partial charge in [0.25, 0.3) is 11.9 Å². The first-order valence-electron chi connectivity index (χ1n) is 10.2. The Kier molecular flexibility index (Phi) is 5.26. The lowest BCUT2D eigenvalue weighted by Crippen LogP contribution is -2.65. The summed E-state index contributed by atoms with van der Waals surface area (Å²) in [6, 6.07) is 9.85. The predicted octanol–water partition coefficient (Wildman–Crippen LogP) is 4.02. The fraction of sp³-hybridized carbons (Fsp3) is 0.273. The van der Waals surface area contributed by atoms with Gasteiger partial charge in [0.1, 0.15) is 11.3 Å². The number of aromatic nitrogens is 1. The van der Waals surface area contributed by atoms with Gasteiger partial charge in [0, 0.05) is 36.8 Å². The molecule has 1 amide bonds. The van der Waals surface area contributed by atoms with Crippen molar-refractivity contribution in [3.8, 4) is 0 Å². The number of hydrazone groups is 1. The van der Waals surface area contributed by atoms with Crippen LogP contribution in [0.15, 0.2) is 45.9 Å². The number of benzene rings is 2. The van der Waals surface area contributed by atoms with E-state index < -0.39 is 5.82 Å². The molecule has 1 aromatic heterocycles. The highest BCUT2D eigenvalue weighted by Gasteiger charge is 2.45. The van der Waals surface area contributed by atoms with E-state index in [0.717, 1.165) is 19.2 Å². The number of hydrogen-bond acceptors (Lipinski definition) is 7. The van der Waals surface area contributed by atoms with Gasteiger partial charge in [0.05, 0.1) is 23.5 Å². The van der Waals surface area contributed by atoms with E-state index in [1.165, 1.54) is 24.4 Å². The van der Waals surface area contributed by atoms with Gasteiger partial charge in [-0.05, 0) is 42.8 Å². The maximum Gasteiger partial charge on any atom is 0.298 e. The lowest BCUT2D eigenvalue weighted by atomic mass is 9.82. The van der Waals surface area contributed by atoms with Gasteiger partial charge in [-0.25, -0.2) is 4.39 Å². The molecule has 5 rings (SSSR count). The smallest absolute Gasteiger partial charge is 0.298 e. The van der Waals surface area contributed by atoms with Gasteiger partial charge in [-0.1, -0.05) is 11.6 Å². The minimum Gasteiger partial charge on any atom is -0.423 e. The Morgan fingerprint density at radius 3 is 3.03 bits per heavy atom. The highest BCUT2D eigenvalue weighted by molar-refractivity contribution is 6.31. The van der Waals surface area contributed by atoms with Crippen LogP contribution in [-0.4, -0.2) is 53.9 Å². The molecule has 2 saturated heterocycles. The predicted molar refractivity (Wildman–Crippen MR) is 121 cm³/mol. The Hall–Kier alpha value is -3.46. The van der Waals surface area contributed by atoms with Crippen molar-refractivity contribution >= 4 is 52.7 Å². The van der Waals surface area contributed by atoms with Crippen LogP contribution in [0.4, 0.5) is 16.1 Å². The van der Waals surface area contributed by atoms with Crippen LogP contribution in [-0.2, 0) is 0 Å². The molecule has 0 spiro atoms. The Labute approximate surface area is 188 Å². The van der Waals surface area contributed by atoms with Crippen LogP contribution >= 0.6 is 11.6 Å². The van der Waals surface area contributed by atoms with Crippen molar-refractivity contribution < 1.29 is 13.6 Å². The second kappa shape index (κ2) is 8.23. The fourth-order valence-corrected chi connectivity index (χ4v) is 4.48. The van der Waals surface area contributed by atoms with E-state index in [1.54, 1.807) is 23.1 Å². The van der Waals surface area contributed by atoms with Crippen molar-refractivity contribution in [2.24, 2.45) is 11.0 Å². The number of anilines is 2. The number of amides is 1. The van der Waals surface area contributed by atoms with E-state index >= 15 is 0 Å². The van der Waals surface area contributed by atoms with Crippen molar-refractivity contribution in [2.75, 3.05) is 30.0 Å². The van der Waals surface area contributed by atoms with Gasteiger partial charge in [-0.3, -0.25) is 10.2 Å². The zero-order valence-corrected chi connectivity index (χ0v) is 17.7. The fourth-order valence-electron chi connectivity index (χ4n) is 4.32. The zero-order chi connectivity index (χ0) is 22.2. The summed E-state index contributed by atoms with van der Waals surface area (Å²) < 4.78 is 19.8. The minimum absolute atomic E-state index is 0.0807. The van der Waals surface area contributed by atoms with E-state index in [1.807, 2.05) is 0 Å². The number of rotatable bonds is 5. The maximum absolute atomic E-state index is 13.9. The number of hydrogen-bond donors (Lipinski definition) is 2. The third kappa shape index (κ3) is 3.69. The number of nitrogens with zero attached hydrogens (tertiary/aromatic N) is 4. The lowest BCUT2D eigenvalue weighted by Gasteiger charge is -2.52. The SMILES string of the molecule is N=C/C=N\Nc1ccc(F)cc1C(=O)N1CC[C@H]2CN(c3nc4cc(Cl)ccc4o3)C2C1.